The van der Waals surface area contributed by atoms with E-state index >= 15 is 0 Å². The molecule has 0 amide bonds. The first-order valence-corrected chi connectivity index (χ1v) is 5.11. The third-order valence-electron chi connectivity index (χ3n) is 2.01. The van der Waals surface area contributed by atoms with Crippen molar-refractivity contribution in [1.82, 2.24) is 4.98 Å². The maximum absolute atomic E-state index is 13.7. The monoisotopic (exact) mass is 267 g/mol. The third-order valence-corrected chi connectivity index (χ3v) is 2.62. The fraction of sp³-hybridized carbons (Fsp3) is 0. The van der Waals surface area contributed by atoms with Gasteiger partial charge in [0.15, 0.2) is 0 Å². The van der Waals surface area contributed by atoms with Crippen molar-refractivity contribution in [2.75, 3.05) is 0 Å². The van der Waals surface area contributed by atoms with E-state index in [0.29, 0.717) is 15.7 Å². The largest absolute Gasteiger partial charge is 0.322 e. The van der Waals surface area contributed by atoms with Gasteiger partial charge in [0.25, 0.3) is 0 Å². The summed E-state index contributed by atoms with van der Waals surface area (Å²) in [7, 11) is 0. The molecule has 76 valence electrons. The molecule has 0 aliphatic heterocycles. The normalized spacial score (nSPS) is 10.3. The van der Waals surface area contributed by atoms with E-state index in [1.165, 1.54) is 6.07 Å². The molecule has 1 aromatic heterocycles. The highest BCUT2D eigenvalue weighted by Crippen LogP contribution is 2.25. The van der Waals surface area contributed by atoms with Crippen LogP contribution in [-0.2, 0) is 0 Å². The van der Waals surface area contributed by atoms with E-state index in [9.17, 15) is 9.18 Å². The minimum atomic E-state index is -0.376. The van der Waals surface area contributed by atoms with Gasteiger partial charge in [-0.3, -0.25) is 4.79 Å². The van der Waals surface area contributed by atoms with Gasteiger partial charge in [-0.1, -0.05) is 12.1 Å². The summed E-state index contributed by atoms with van der Waals surface area (Å²) in [6, 6.07) is 9.58. The minimum Gasteiger partial charge on any atom is -0.322 e. The lowest BCUT2D eigenvalue weighted by atomic mass is 10.1. The number of aromatic nitrogens is 1. The van der Waals surface area contributed by atoms with Crippen LogP contribution in [0, 0.1) is 5.82 Å². The Labute approximate surface area is 93.9 Å². The van der Waals surface area contributed by atoms with Crippen LogP contribution in [0.3, 0.4) is 0 Å². The molecule has 2 rings (SSSR count). The number of H-pyrrole nitrogens is 1. The lowest BCUT2D eigenvalue weighted by molar-refractivity contribution is 0.624. The highest BCUT2D eigenvalue weighted by molar-refractivity contribution is 9.10. The first kappa shape index (κ1) is 10.1. The fourth-order valence-corrected chi connectivity index (χ4v) is 1.68. The van der Waals surface area contributed by atoms with Crippen LogP contribution < -0.4 is 5.56 Å². The maximum Gasteiger partial charge on any atom is 0.248 e. The van der Waals surface area contributed by atoms with Crippen molar-refractivity contribution >= 4 is 15.9 Å². The average molecular weight is 268 g/mol. The van der Waals surface area contributed by atoms with Gasteiger partial charge in [0.1, 0.15) is 5.82 Å². The molecule has 0 aliphatic rings. The van der Waals surface area contributed by atoms with Gasteiger partial charge in [-0.15, -0.1) is 0 Å². The van der Waals surface area contributed by atoms with Gasteiger partial charge >= 0.3 is 0 Å². The highest BCUT2D eigenvalue weighted by atomic mass is 79.9. The number of rotatable bonds is 1. The van der Waals surface area contributed by atoms with Gasteiger partial charge < -0.3 is 4.98 Å². The number of hydrogen-bond acceptors (Lipinski definition) is 1. The summed E-state index contributed by atoms with van der Waals surface area (Å²) >= 11 is 3.09. The number of aromatic amines is 1. The van der Waals surface area contributed by atoms with Crippen LogP contribution in [0.4, 0.5) is 4.39 Å². The number of benzene rings is 1. The Morgan fingerprint density at radius 1 is 1.13 bits per heavy atom. The Morgan fingerprint density at radius 2 is 1.87 bits per heavy atom. The Bertz CT molecular complexity index is 550. The second kappa shape index (κ2) is 3.98. The van der Waals surface area contributed by atoms with Crippen molar-refractivity contribution in [2.24, 2.45) is 0 Å². The smallest absolute Gasteiger partial charge is 0.248 e. The number of nitrogens with one attached hydrogen (secondary N) is 1. The van der Waals surface area contributed by atoms with E-state index in [1.54, 1.807) is 30.3 Å². The molecule has 2 nitrogen and oxygen atoms in total. The summed E-state index contributed by atoms with van der Waals surface area (Å²) < 4.78 is 14.0. The molecule has 0 spiro atoms. The van der Waals surface area contributed by atoms with Gasteiger partial charge in [0.2, 0.25) is 5.56 Å². The Morgan fingerprint density at radius 3 is 2.60 bits per heavy atom. The molecule has 4 heteroatoms. The van der Waals surface area contributed by atoms with Crippen LogP contribution in [0.2, 0.25) is 0 Å². The maximum atomic E-state index is 13.7. The summed E-state index contributed by atoms with van der Waals surface area (Å²) in [5, 5.41) is 0. The van der Waals surface area contributed by atoms with Crippen LogP contribution in [0.25, 0.3) is 11.3 Å². The van der Waals surface area contributed by atoms with E-state index < -0.39 is 0 Å². The van der Waals surface area contributed by atoms with Crippen LogP contribution in [0.15, 0.2) is 45.7 Å². The summed E-state index contributed by atoms with van der Waals surface area (Å²) in [6.45, 7) is 0. The minimum absolute atomic E-state index is 0.244. The summed E-state index contributed by atoms with van der Waals surface area (Å²) in [4.78, 5) is 13.6. The van der Waals surface area contributed by atoms with Gasteiger partial charge in [0, 0.05) is 11.6 Å². The quantitative estimate of drug-likeness (QED) is 0.847. The molecule has 0 saturated carbocycles. The molecular weight excluding hydrogens is 261 g/mol. The third kappa shape index (κ3) is 1.99. The summed E-state index contributed by atoms with van der Waals surface area (Å²) in [5.74, 6) is -0.376. The molecule has 1 aromatic carbocycles. The summed E-state index contributed by atoms with van der Waals surface area (Å²) in [5.41, 5.74) is 0.607. The molecule has 0 bridgehead atoms. The molecular formula is C11H7BrFNO. The van der Waals surface area contributed by atoms with Crippen LogP contribution in [0.1, 0.15) is 0 Å². The molecule has 2 aromatic rings. The summed E-state index contributed by atoms with van der Waals surface area (Å²) in [6.07, 6.45) is 0. The van der Waals surface area contributed by atoms with Crippen molar-refractivity contribution in [3.63, 3.8) is 0 Å². The van der Waals surface area contributed by atoms with E-state index in [0.717, 1.165) is 0 Å². The van der Waals surface area contributed by atoms with Crippen molar-refractivity contribution in [3.05, 3.63) is 57.0 Å². The molecule has 0 radical (unpaired) electrons. The molecule has 0 atom stereocenters. The highest BCUT2D eigenvalue weighted by Gasteiger charge is 2.07. The molecule has 15 heavy (non-hydrogen) atoms. The standard InChI is InChI=1S/C11H7BrFNO/c12-8-4-1-3-7(11(8)13)9-5-2-6-10(15)14-9/h1-6H,(H,14,15). The fourth-order valence-electron chi connectivity index (χ4n) is 1.32. The second-order valence-electron chi connectivity index (χ2n) is 3.03. The molecule has 1 heterocycles. The first-order valence-electron chi connectivity index (χ1n) is 4.32. The van der Waals surface area contributed by atoms with E-state index in [4.69, 9.17) is 0 Å². The molecule has 0 unspecified atom stereocenters. The molecule has 0 aliphatic carbocycles. The second-order valence-corrected chi connectivity index (χ2v) is 3.88. The lowest BCUT2D eigenvalue weighted by Crippen LogP contribution is -2.04. The topological polar surface area (TPSA) is 32.9 Å². The van der Waals surface area contributed by atoms with E-state index in [-0.39, 0.29) is 11.4 Å². The SMILES string of the molecule is O=c1cccc(-c2cccc(Br)c2F)[nH]1. The van der Waals surface area contributed by atoms with Crippen LogP contribution in [-0.4, -0.2) is 4.98 Å². The number of pyridine rings is 1. The molecule has 0 saturated heterocycles. The Hall–Kier alpha value is -1.42. The average Bonchev–Trinajstić information content (AvgIpc) is 2.22. The van der Waals surface area contributed by atoms with Crippen molar-refractivity contribution < 1.29 is 4.39 Å². The Kier molecular flexibility index (Phi) is 2.68. The van der Waals surface area contributed by atoms with Gasteiger partial charge in [-0.2, -0.15) is 0 Å². The number of hydrogen-bond donors (Lipinski definition) is 1. The lowest BCUT2D eigenvalue weighted by Gasteiger charge is -2.03. The predicted octanol–water partition coefficient (Wildman–Crippen LogP) is 2.94. The van der Waals surface area contributed by atoms with E-state index in [2.05, 4.69) is 20.9 Å². The first-order chi connectivity index (χ1) is 7.18. The van der Waals surface area contributed by atoms with Crippen molar-refractivity contribution in [2.45, 2.75) is 0 Å². The van der Waals surface area contributed by atoms with Gasteiger partial charge in [-0.05, 0) is 34.1 Å². The van der Waals surface area contributed by atoms with Crippen LogP contribution in [0.5, 0.6) is 0 Å². The molecule has 1 N–H and O–H groups in total. The predicted molar refractivity (Wildman–Crippen MR) is 60.2 cm³/mol. The molecule has 0 fully saturated rings. The van der Waals surface area contributed by atoms with E-state index in [1.807, 2.05) is 0 Å². The van der Waals surface area contributed by atoms with Crippen molar-refractivity contribution in [1.29, 1.82) is 0 Å². The zero-order valence-electron chi connectivity index (χ0n) is 7.63. The zero-order chi connectivity index (χ0) is 10.8. The Balaban J connectivity index is 2.64. The van der Waals surface area contributed by atoms with Crippen LogP contribution >= 0.6 is 15.9 Å². The van der Waals surface area contributed by atoms with Gasteiger partial charge in [0.05, 0.1) is 10.2 Å². The van der Waals surface area contributed by atoms with Gasteiger partial charge in [-0.25, -0.2) is 4.39 Å². The zero-order valence-corrected chi connectivity index (χ0v) is 9.21. The van der Waals surface area contributed by atoms with Crippen molar-refractivity contribution in [3.8, 4) is 11.3 Å². The number of halogens is 2.